The van der Waals surface area contributed by atoms with Crippen LogP contribution in [0.2, 0.25) is 5.02 Å². The zero-order valence-corrected chi connectivity index (χ0v) is 13.0. The molecule has 1 aromatic carbocycles. The van der Waals surface area contributed by atoms with Gasteiger partial charge in [0, 0.05) is 12.1 Å². The lowest BCUT2D eigenvalue weighted by atomic mass is 9.74. The van der Waals surface area contributed by atoms with Crippen molar-refractivity contribution >= 4 is 17.3 Å². The molecule has 1 aromatic rings. The summed E-state index contributed by atoms with van der Waals surface area (Å²) in [5.41, 5.74) is 0.234. The van der Waals surface area contributed by atoms with Crippen LogP contribution in [0.15, 0.2) is 12.1 Å². The Balaban J connectivity index is 2.22. The van der Waals surface area contributed by atoms with Crippen LogP contribution in [-0.2, 0) is 0 Å². The Labute approximate surface area is 124 Å². The third-order valence-corrected chi connectivity index (χ3v) is 4.66. The fourth-order valence-corrected chi connectivity index (χ4v) is 3.48. The van der Waals surface area contributed by atoms with Crippen LogP contribution in [0.3, 0.4) is 0 Å². The molecule has 1 nitrogen and oxygen atoms in total. The van der Waals surface area contributed by atoms with Gasteiger partial charge >= 0.3 is 0 Å². The highest BCUT2D eigenvalue weighted by atomic mass is 35.5. The van der Waals surface area contributed by atoms with Crippen LogP contribution < -0.4 is 5.32 Å². The predicted molar refractivity (Wildman–Crippen MR) is 80.1 cm³/mol. The number of hydrogen-bond donors (Lipinski definition) is 1. The van der Waals surface area contributed by atoms with Crippen molar-refractivity contribution in [3.8, 4) is 0 Å². The molecule has 20 heavy (non-hydrogen) atoms. The standard InChI is InChI=1S/C16H22ClF2N/c1-9(2)12-5-4-10(3)6-15(12)20-16-13(17)7-11(18)8-14(16)19/h7-10,12,15,20H,4-6H2,1-3H3. The molecule has 3 unspecified atom stereocenters. The van der Waals surface area contributed by atoms with E-state index in [1.54, 1.807) is 0 Å². The molecule has 1 aliphatic carbocycles. The second-order valence-corrected chi connectivity index (χ2v) is 6.73. The maximum Gasteiger partial charge on any atom is 0.150 e. The van der Waals surface area contributed by atoms with E-state index in [2.05, 4.69) is 26.1 Å². The number of anilines is 1. The van der Waals surface area contributed by atoms with Gasteiger partial charge in [0.2, 0.25) is 0 Å². The molecule has 0 radical (unpaired) electrons. The highest BCUT2D eigenvalue weighted by Crippen LogP contribution is 2.37. The summed E-state index contributed by atoms with van der Waals surface area (Å²) in [6.45, 7) is 6.60. The number of halogens is 3. The molecule has 2 rings (SSSR count). The van der Waals surface area contributed by atoms with Crippen LogP contribution in [0.5, 0.6) is 0 Å². The molecule has 0 aromatic heterocycles. The third kappa shape index (κ3) is 3.43. The third-order valence-electron chi connectivity index (χ3n) is 4.36. The highest BCUT2D eigenvalue weighted by molar-refractivity contribution is 6.33. The zero-order chi connectivity index (χ0) is 14.9. The highest BCUT2D eigenvalue weighted by Gasteiger charge is 2.31. The average molecular weight is 302 g/mol. The summed E-state index contributed by atoms with van der Waals surface area (Å²) in [6, 6.07) is 2.23. The first kappa shape index (κ1) is 15.6. The minimum atomic E-state index is -0.643. The summed E-state index contributed by atoms with van der Waals surface area (Å²) in [7, 11) is 0. The van der Waals surface area contributed by atoms with Crippen LogP contribution in [0, 0.1) is 29.4 Å². The summed E-state index contributed by atoms with van der Waals surface area (Å²) in [6.07, 6.45) is 3.34. The summed E-state index contributed by atoms with van der Waals surface area (Å²) >= 11 is 5.98. The summed E-state index contributed by atoms with van der Waals surface area (Å²) in [4.78, 5) is 0. The fraction of sp³-hybridized carbons (Fsp3) is 0.625. The van der Waals surface area contributed by atoms with Gasteiger partial charge < -0.3 is 5.32 Å². The van der Waals surface area contributed by atoms with Crippen LogP contribution in [0.1, 0.15) is 40.0 Å². The Morgan fingerprint density at radius 1 is 1.25 bits per heavy atom. The van der Waals surface area contributed by atoms with E-state index in [0.29, 0.717) is 17.8 Å². The molecule has 4 heteroatoms. The van der Waals surface area contributed by atoms with Gasteiger partial charge in [-0.2, -0.15) is 0 Å². The lowest BCUT2D eigenvalue weighted by molar-refractivity contribution is 0.211. The van der Waals surface area contributed by atoms with Crippen molar-refractivity contribution in [2.75, 3.05) is 5.32 Å². The minimum absolute atomic E-state index is 0.114. The van der Waals surface area contributed by atoms with Crippen molar-refractivity contribution in [2.45, 2.75) is 46.1 Å². The van der Waals surface area contributed by atoms with Crippen LogP contribution in [0.25, 0.3) is 0 Å². The Bertz CT molecular complexity index is 453. The van der Waals surface area contributed by atoms with Gasteiger partial charge in [-0.25, -0.2) is 8.78 Å². The lowest BCUT2D eigenvalue weighted by Gasteiger charge is -2.38. The Morgan fingerprint density at radius 2 is 1.95 bits per heavy atom. The average Bonchev–Trinajstić information content (AvgIpc) is 2.33. The van der Waals surface area contributed by atoms with Gasteiger partial charge in [0.1, 0.15) is 5.82 Å². The van der Waals surface area contributed by atoms with Crippen LogP contribution in [0.4, 0.5) is 14.5 Å². The molecule has 1 saturated carbocycles. The van der Waals surface area contributed by atoms with E-state index in [9.17, 15) is 8.78 Å². The zero-order valence-electron chi connectivity index (χ0n) is 12.2. The normalized spacial score (nSPS) is 26.9. The summed E-state index contributed by atoms with van der Waals surface area (Å²) in [5, 5.41) is 3.35. The molecule has 3 atom stereocenters. The quantitative estimate of drug-likeness (QED) is 0.778. The van der Waals surface area contributed by atoms with Crippen molar-refractivity contribution in [3.05, 3.63) is 28.8 Å². The van der Waals surface area contributed by atoms with Gasteiger partial charge in [-0.15, -0.1) is 0 Å². The summed E-state index contributed by atoms with van der Waals surface area (Å²) in [5.74, 6) is 0.380. The van der Waals surface area contributed by atoms with Crippen LogP contribution in [-0.4, -0.2) is 6.04 Å². The van der Waals surface area contributed by atoms with E-state index in [4.69, 9.17) is 11.6 Å². The fourth-order valence-electron chi connectivity index (χ4n) is 3.23. The molecule has 0 bridgehead atoms. The van der Waals surface area contributed by atoms with Crippen molar-refractivity contribution in [3.63, 3.8) is 0 Å². The topological polar surface area (TPSA) is 12.0 Å². The second kappa shape index (κ2) is 6.30. The van der Waals surface area contributed by atoms with E-state index < -0.39 is 11.6 Å². The predicted octanol–water partition coefficient (Wildman–Crippen LogP) is 5.49. The first-order valence-corrected chi connectivity index (χ1v) is 7.67. The van der Waals surface area contributed by atoms with Gasteiger partial charge in [-0.1, -0.05) is 38.8 Å². The molecule has 0 saturated heterocycles. The molecule has 112 valence electrons. The molecule has 0 spiro atoms. The molecule has 0 amide bonds. The molecule has 0 heterocycles. The van der Waals surface area contributed by atoms with Crippen molar-refractivity contribution in [1.82, 2.24) is 0 Å². The van der Waals surface area contributed by atoms with Gasteiger partial charge in [-0.3, -0.25) is 0 Å². The monoisotopic (exact) mass is 301 g/mol. The maximum absolute atomic E-state index is 13.9. The largest absolute Gasteiger partial charge is 0.378 e. The van der Waals surface area contributed by atoms with Gasteiger partial charge in [0.15, 0.2) is 5.82 Å². The van der Waals surface area contributed by atoms with E-state index in [1.165, 1.54) is 6.42 Å². The molecule has 0 aliphatic heterocycles. The molecule has 1 aliphatic rings. The van der Waals surface area contributed by atoms with Crippen molar-refractivity contribution in [2.24, 2.45) is 17.8 Å². The SMILES string of the molecule is CC1CCC(C(C)C)C(Nc2c(F)cc(F)cc2Cl)C1. The van der Waals surface area contributed by atoms with Crippen LogP contribution >= 0.6 is 11.6 Å². The van der Waals surface area contributed by atoms with E-state index in [0.717, 1.165) is 25.0 Å². The number of hydrogen-bond acceptors (Lipinski definition) is 1. The smallest absolute Gasteiger partial charge is 0.150 e. The van der Waals surface area contributed by atoms with Crippen molar-refractivity contribution < 1.29 is 8.78 Å². The Hall–Kier alpha value is -0.830. The second-order valence-electron chi connectivity index (χ2n) is 6.32. The Kier molecular flexibility index (Phi) is 4.90. The van der Waals surface area contributed by atoms with E-state index in [-0.39, 0.29) is 16.8 Å². The first-order valence-electron chi connectivity index (χ1n) is 7.29. The van der Waals surface area contributed by atoms with E-state index in [1.807, 2.05) is 0 Å². The van der Waals surface area contributed by atoms with Gasteiger partial charge in [0.05, 0.1) is 10.7 Å². The summed E-state index contributed by atoms with van der Waals surface area (Å²) < 4.78 is 27.0. The number of rotatable bonds is 3. The van der Waals surface area contributed by atoms with Gasteiger partial charge in [0.25, 0.3) is 0 Å². The van der Waals surface area contributed by atoms with E-state index >= 15 is 0 Å². The minimum Gasteiger partial charge on any atom is -0.378 e. The molecule has 1 N–H and O–H groups in total. The number of benzene rings is 1. The Morgan fingerprint density at radius 3 is 2.55 bits per heavy atom. The van der Waals surface area contributed by atoms with Gasteiger partial charge in [-0.05, 0) is 36.7 Å². The molecular formula is C16H22ClF2N. The molecule has 1 fully saturated rings. The molecular weight excluding hydrogens is 280 g/mol. The number of nitrogens with one attached hydrogen (secondary N) is 1. The maximum atomic E-state index is 13.9. The van der Waals surface area contributed by atoms with Crippen molar-refractivity contribution in [1.29, 1.82) is 0 Å². The lowest BCUT2D eigenvalue weighted by Crippen LogP contribution is -2.38. The first-order chi connectivity index (χ1) is 9.38.